The molecule has 0 aliphatic rings. The molecule has 2 nitrogen and oxygen atoms in total. The fourth-order valence-corrected chi connectivity index (χ4v) is 1.88. The Morgan fingerprint density at radius 1 is 1.22 bits per heavy atom. The maximum absolute atomic E-state index is 13.1. The third-order valence-electron chi connectivity index (χ3n) is 2.96. The van der Waals surface area contributed by atoms with Crippen LogP contribution >= 0.6 is 0 Å². The fraction of sp³-hybridized carbons (Fsp3) is 0.267. The second-order valence-corrected chi connectivity index (χ2v) is 4.34. The van der Waals surface area contributed by atoms with E-state index in [9.17, 15) is 4.39 Å². The number of halogens is 1. The number of hydrogen-bond donors (Lipinski definition) is 1. The molecule has 3 heteroatoms. The Bertz CT molecular complexity index is 485. The highest BCUT2D eigenvalue weighted by atomic mass is 19.1. The molecule has 0 radical (unpaired) electrons. The summed E-state index contributed by atoms with van der Waals surface area (Å²) in [5.41, 5.74) is 2.23. The summed E-state index contributed by atoms with van der Waals surface area (Å²) in [5.74, 6) is -0.185. The molecule has 0 amide bonds. The molecule has 0 fully saturated rings. The standard InChI is InChI=1S/C15H17FN2/c1-12(14-3-2-4-15(16)11-14)18-10-7-13-5-8-17-9-6-13/h2-6,8-9,11-12,18H,7,10H2,1H3. The molecule has 1 aromatic heterocycles. The summed E-state index contributed by atoms with van der Waals surface area (Å²) in [5, 5.41) is 3.39. The summed E-state index contributed by atoms with van der Waals surface area (Å²) in [6.07, 6.45) is 4.54. The van der Waals surface area contributed by atoms with Crippen molar-refractivity contribution in [3.8, 4) is 0 Å². The zero-order chi connectivity index (χ0) is 12.8. The summed E-state index contributed by atoms with van der Waals surface area (Å²) in [6, 6.07) is 10.9. The monoisotopic (exact) mass is 244 g/mol. The zero-order valence-corrected chi connectivity index (χ0v) is 10.4. The fourth-order valence-electron chi connectivity index (χ4n) is 1.88. The maximum atomic E-state index is 13.1. The highest BCUT2D eigenvalue weighted by molar-refractivity contribution is 5.19. The Morgan fingerprint density at radius 2 is 2.00 bits per heavy atom. The molecule has 1 aromatic carbocycles. The van der Waals surface area contributed by atoms with Crippen LogP contribution < -0.4 is 5.32 Å². The van der Waals surface area contributed by atoms with Crippen LogP contribution in [0.2, 0.25) is 0 Å². The van der Waals surface area contributed by atoms with E-state index in [4.69, 9.17) is 0 Å². The number of nitrogens with zero attached hydrogens (tertiary/aromatic N) is 1. The molecule has 18 heavy (non-hydrogen) atoms. The van der Waals surface area contributed by atoms with Gasteiger partial charge in [-0.1, -0.05) is 12.1 Å². The van der Waals surface area contributed by atoms with Gasteiger partial charge in [0.1, 0.15) is 5.82 Å². The topological polar surface area (TPSA) is 24.9 Å². The van der Waals surface area contributed by atoms with Crippen LogP contribution in [-0.2, 0) is 6.42 Å². The molecule has 2 aromatic rings. The molecule has 1 atom stereocenters. The van der Waals surface area contributed by atoms with Crippen LogP contribution in [-0.4, -0.2) is 11.5 Å². The molecule has 0 aliphatic carbocycles. The van der Waals surface area contributed by atoms with Crippen molar-refractivity contribution in [1.82, 2.24) is 10.3 Å². The van der Waals surface area contributed by atoms with E-state index >= 15 is 0 Å². The van der Waals surface area contributed by atoms with E-state index in [0.29, 0.717) is 0 Å². The average Bonchev–Trinajstić information content (AvgIpc) is 2.40. The van der Waals surface area contributed by atoms with Crippen molar-refractivity contribution in [3.05, 3.63) is 65.7 Å². The summed E-state index contributed by atoms with van der Waals surface area (Å²) in [7, 11) is 0. The van der Waals surface area contributed by atoms with E-state index in [-0.39, 0.29) is 11.9 Å². The summed E-state index contributed by atoms with van der Waals surface area (Å²) in [4.78, 5) is 3.98. The molecular weight excluding hydrogens is 227 g/mol. The maximum Gasteiger partial charge on any atom is 0.123 e. The third kappa shape index (κ3) is 3.64. The minimum Gasteiger partial charge on any atom is -0.310 e. The van der Waals surface area contributed by atoms with Gasteiger partial charge in [-0.2, -0.15) is 0 Å². The van der Waals surface area contributed by atoms with Crippen molar-refractivity contribution >= 4 is 0 Å². The van der Waals surface area contributed by atoms with Crippen molar-refractivity contribution in [3.63, 3.8) is 0 Å². The molecule has 0 saturated carbocycles. The molecule has 0 aliphatic heterocycles. The second-order valence-electron chi connectivity index (χ2n) is 4.34. The first-order valence-corrected chi connectivity index (χ1v) is 6.13. The van der Waals surface area contributed by atoms with Gasteiger partial charge in [0.15, 0.2) is 0 Å². The predicted molar refractivity (Wildman–Crippen MR) is 70.8 cm³/mol. The SMILES string of the molecule is CC(NCCc1ccncc1)c1cccc(F)c1. The van der Waals surface area contributed by atoms with Crippen LogP contribution in [0.4, 0.5) is 4.39 Å². The first-order valence-electron chi connectivity index (χ1n) is 6.13. The van der Waals surface area contributed by atoms with Crippen molar-refractivity contribution in [2.45, 2.75) is 19.4 Å². The van der Waals surface area contributed by atoms with E-state index in [1.54, 1.807) is 24.5 Å². The summed E-state index contributed by atoms with van der Waals surface area (Å²) >= 11 is 0. The van der Waals surface area contributed by atoms with Gasteiger partial charge in [0.25, 0.3) is 0 Å². The second kappa shape index (κ2) is 6.26. The van der Waals surface area contributed by atoms with Crippen molar-refractivity contribution < 1.29 is 4.39 Å². The predicted octanol–water partition coefficient (Wildman–Crippen LogP) is 3.11. The highest BCUT2D eigenvalue weighted by Gasteiger charge is 2.05. The van der Waals surface area contributed by atoms with Crippen LogP contribution in [0.25, 0.3) is 0 Å². The first-order chi connectivity index (χ1) is 8.75. The molecule has 1 unspecified atom stereocenters. The van der Waals surface area contributed by atoms with Crippen molar-refractivity contribution in [1.29, 1.82) is 0 Å². The van der Waals surface area contributed by atoms with Gasteiger partial charge in [-0.3, -0.25) is 4.98 Å². The number of benzene rings is 1. The minimum absolute atomic E-state index is 0.155. The van der Waals surface area contributed by atoms with Gasteiger partial charge in [0.05, 0.1) is 0 Å². The lowest BCUT2D eigenvalue weighted by atomic mass is 10.1. The smallest absolute Gasteiger partial charge is 0.123 e. The van der Waals surface area contributed by atoms with Crippen LogP contribution in [0.15, 0.2) is 48.8 Å². The third-order valence-corrected chi connectivity index (χ3v) is 2.96. The Balaban J connectivity index is 1.83. The van der Waals surface area contributed by atoms with Crippen LogP contribution in [0.3, 0.4) is 0 Å². The van der Waals surface area contributed by atoms with Gasteiger partial charge < -0.3 is 5.32 Å². The van der Waals surface area contributed by atoms with E-state index in [0.717, 1.165) is 18.5 Å². The van der Waals surface area contributed by atoms with Gasteiger partial charge in [0.2, 0.25) is 0 Å². The van der Waals surface area contributed by atoms with Crippen LogP contribution in [0, 0.1) is 5.82 Å². The lowest BCUT2D eigenvalue weighted by molar-refractivity contribution is 0.567. The quantitative estimate of drug-likeness (QED) is 0.874. The first kappa shape index (κ1) is 12.7. The number of rotatable bonds is 5. The van der Waals surface area contributed by atoms with Gasteiger partial charge in [-0.25, -0.2) is 4.39 Å². The van der Waals surface area contributed by atoms with Crippen molar-refractivity contribution in [2.75, 3.05) is 6.54 Å². The molecule has 94 valence electrons. The molecule has 1 heterocycles. The molecule has 0 bridgehead atoms. The molecule has 0 saturated heterocycles. The highest BCUT2D eigenvalue weighted by Crippen LogP contribution is 2.13. The Hall–Kier alpha value is -1.74. The molecule has 0 spiro atoms. The number of hydrogen-bond acceptors (Lipinski definition) is 2. The lowest BCUT2D eigenvalue weighted by Gasteiger charge is -2.14. The molecule has 2 rings (SSSR count). The molecular formula is C15H17FN2. The van der Waals surface area contributed by atoms with E-state index < -0.39 is 0 Å². The largest absolute Gasteiger partial charge is 0.310 e. The number of pyridine rings is 1. The minimum atomic E-state index is -0.185. The van der Waals surface area contributed by atoms with Crippen LogP contribution in [0.5, 0.6) is 0 Å². The lowest BCUT2D eigenvalue weighted by Crippen LogP contribution is -2.21. The van der Waals surface area contributed by atoms with Crippen LogP contribution in [0.1, 0.15) is 24.1 Å². The van der Waals surface area contributed by atoms with Crippen molar-refractivity contribution in [2.24, 2.45) is 0 Å². The van der Waals surface area contributed by atoms with Gasteiger partial charge in [0, 0.05) is 18.4 Å². The van der Waals surface area contributed by atoms with Gasteiger partial charge >= 0.3 is 0 Å². The Labute approximate surface area is 107 Å². The van der Waals surface area contributed by atoms with Gasteiger partial charge in [-0.05, 0) is 55.3 Å². The van der Waals surface area contributed by atoms with E-state index in [1.807, 2.05) is 25.1 Å². The summed E-state index contributed by atoms with van der Waals surface area (Å²) < 4.78 is 13.1. The number of nitrogens with one attached hydrogen (secondary N) is 1. The number of aromatic nitrogens is 1. The Kier molecular flexibility index (Phi) is 4.42. The van der Waals surface area contributed by atoms with E-state index in [1.165, 1.54) is 11.6 Å². The molecule has 1 N–H and O–H groups in total. The van der Waals surface area contributed by atoms with E-state index in [2.05, 4.69) is 10.3 Å². The zero-order valence-electron chi connectivity index (χ0n) is 10.4. The van der Waals surface area contributed by atoms with Gasteiger partial charge in [-0.15, -0.1) is 0 Å². The Morgan fingerprint density at radius 3 is 2.72 bits per heavy atom. The average molecular weight is 244 g/mol. The summed E-state index contributed by atoms with van der Waals surface area (Å²) in [6.45, 7) is 2.91. The normalized spacial score (nSPS) is 12.3.